The number of nitrogens with one attached hydrogen (secondary N) is 2. The molecule has 0 saturated heterocycles. The number of aromatic nitrogens is 2. The van der Waals surface area contributed by atoms with Gasteiger partial charge in [-0.3, -0.25) is 0 Å². The van der Waals surface area contributed by atoms with Crippen LogP contribution in [0.25, 0.3) is 0 Å². The molecule has 1 fully saturated rings. The zero-order valence-electron chi connectivity index (χ0n) is 6.40. The van der Waals surface area contributed by atoms with Gasteiger partial charge in [-0.1, -0.05) is 0 Å². The lowest BCUT2D eigenvalue weighted by atomic mass is 10.2. The SMILES string of the molecule is Cc1[nH]c(=O)[nH]c1C1(N)CC1. The molecule has 2 rings (SSSR count). The van der Waals surface area contributed by atoms with Gasteiger partial charge in [-0.2, -0.15) is 0 Å². The number of H-pyrrole nitrogens is 2. The molecule has 0 atom stereocenters. The van der Waals surface area contributed by atoms with E-state index in [-0.39, 0.29) is 11.2 Å². The van der Waals surface area contributed by atoms with Crippen LogP contribution in [0, 0.1) is 6.92 Å². The molecule has 4 N–H and O–H groups in total. The molecule has 0 spiro atoms. The maximum Gasteiger partial charge on any atom is 0.323 e. The smallest absolute Gasteiger partial charge is 0.320 e. The lowest BCUT2D eigenvalue weighted by Crippen LogP contribution is -2.21. The van der Waals surface area contributed by atoms with Gasteiger partial charge in [0, 0.05) is 5.69 Å². The van der Waals surface area contributed by atoms with Crippen LogP contribution in [-0.4, -0.2) is 9.97 Å². The third kappa shape index (κ3) is 0.903. The molecular formula is C7H11N3O. The van der Waals surface area contributed by atoms with Crippen molar-refractivity contribution in [1.29, 1.82) is 0 Å². The van der Waals surface area contributed by atoms with Crippen LogP contribution >= 0.6 is 0 Å². The highest BCUT2D eigenvalue weighted by Crippen LogP contribution is 2.42. The van der Waals surface area contributed by atoms with E-state index in [0.717, 1.165) is 24.2 Å². The van der Waals surface area contributed by atoms with Crippen molar-refractivity contribution in [2.45, 2.75) is 25.3 Å². The van der Waals surface area contributed by atoms with Gasteiger partial charge in [0.15, 0.2) is 0 Å². The van der Waals surface area contributed by atoms with E-state index in [1.807, 2.05) is 6.92 Å². The fraction of sp³-hybridized carbons (Fsp3) is 0.571. The molecule has 1 aromatic heterocycles. The first kappa shape index (κ1) is 6.67. The average Bonchev–Trinajstić information content (AvgIpc) is 2.55. The zero-order valence-corrected chi connectivity index (χ0v) is 6.40. The molecule has 1 aliphatic carbocycles. The lowest BCUT2D eigenvalue weighted by Gasteiger charge is -2.05. The Morgan fingerprint density at radius 3 is 2.45 bits per heavy atom. The van der Waals surface area contributed by atoms with Gasteiger partial charge in [-0.15, -0.1) is 0 Å². The highest BCUT2D eigenvalue weighted by atomic mass is 16.1. The van der Waals surface area contributed by atoms with E-state index in [1.165, 1.54) is 0 Å². The fourth-order valence-electron chi connectivity index (χ4n) is 1.35. The number of aryl methyl sites for hydroxylation is 1. The average molecular weight is 153 g/mol. The van der Waals surface area contributed by atoms with Crippen LogP contribution in [0.1, 0.15) is 24.2 Å². The van der Waals surface area contributed by atoms with Crippen LogP contribution in [0.15, 0.2) is 4.79 Å². The molecule has 4 nitrogen and oxygen atoms in total. The number of aromatic amines is 2. The van der Waals surface area contributed by atoms with E-state index in [2.05, 4.69) is 9.97 Å². The van der Waals surface area contributed by atoms with E-state index in [9.17, 15) is 4.79 Å². The predicted molar refractivity (Wildman–Crippen MR) is 41.2 cm³/mol. The topological polar surface area (TPSA) is 74.7 Å². The standard InChI is InChI=1S/C7H11N3O/c1-4-5(7(8)2-3-7)10-6(11)9-4/h2-3,8H2,1H3,(H2,9,10,11). The third-order valence-corrected chi connectivity index (χ3v) is 2.20. The molecule has 0 aliphatic heterocycles. The minimum absolute atomic E-state index is 0.158. The Balaban J connectivity index is 2.52. The van der Waals surface area contributed by atoms with Crippen molar-refractivity contribution in [3.63, 3.8) is 0 Å². The van der Waals surface area contributed by atoms with Crippen LogP contribution in [0.2, 0.25) is 0 Å². The van der Waals surface area contributed by atoms with Crippen molar-refractivity contribution in [3.8, 4) is 0 Å². The van der Waals surface area contributed by atoms with Gasteiger partial charge in [-0.05, 0) is 19.8 Å². The molecule has 0 aromatic carbocycles. The summed E-state index contributed by atoms with van der Waals surface area (Å²) in [6.45, 7) is 1.86. The van der Waals surface area contributed by atoms with Gasteiger partial charge in [0.1, 0.15) is 0 Å². The molecule has 1 heterocycles. The van der Waals surface area contributed by atoms with Gasteiger partial charge in [0.05, 0.1) is 11.2 Å². The summed E-state index contributed by atoms with van der Waals surface area (Å²) in [6, 6.07) is 0. The Morgan fingerprint density at radius 2 is 2.09 bits per heavy atom. The molecule has 11 heavy (non-hydrogen) atoms. The fourth-order valence-corrected chi connectivity index (χ4v) is 1.35. The van der Waals surface area contributed by atoms with E-state index in [1.54, 1.807) is 0 Å². The molecule has 0 bridgehead atoms. The van der Waals surface area contributed by atoms with Crippen LogP contribution < -0.4 is 11.4 Å². The summed E-state index contributed by atoms with van der Waals surface area (Å²) in [6.07, 6.45) is 1.95. The maximum absolute atomic E-state index is 10.8. The molecule has 1 aromatic rings. The maximum atomic E-state index is 10.8. The Kier molecular flexibility index (Phi) is 1.07. The van der Waals surface area contributed by atoms with Crippen molar-refractivity contribution in [2.75, 3.05) is 0 Å². The third-order valence-electron chi connectivity index (χ3n) is 2.20. The molecule has 60 valence electrons. The molecule has 0 unspecified atom stereocenters. The highest BCUT2D eigenvalue weighted by Gasteiger charge is 2.42. The molecule has 0 radical (unpaired) electrons. The Labute approximate surface area is 63.8 Å². The van der Waals surface area contributed by atoms with Crippen LogP contribution in [0.4, 0.5) is 0 Å². The van der Waals surface area contributed by atoms with Crippen LogP contribution in [0.5, 0.6) is 0 Å². The molecule has 1 saturated carbocycles. The van der Waals surface area contributed by atoms with E-state index < -0.39 is 0 Å². The Hall–Kier alpha value is -1.03. The summed E-state index contributed by atoms with van der Waals surface area (Å²) in [5.74, 6) is 0. The normalized spacial score (nSPS) is 20.2. The van der Waals surface area contributed by atoms with E-state index in [0.29, 0.717) is 0 Å². The van der Waals surface area contributed by atoms with Crippen LogP contribution in [0.3, 0.4) is 0 Å². The van der Waals surface area contributed by atoms with Gasteiger partial charge in [0.2, 0.25) is 0 Å². The predicted octanol–water partition coefficient (Wildman–Crippen LogP) is -0.0408. The van der Waals surface area contributed by atoms with E-state index in [4.69, 9.17) is 5.73 Å². The summed E-state index contributed by atoms with van der Waals surface area (Å²) in [5.41, 5.74) is 7.25. The second-order valence-electron chi connectivity index (χ2n) is 3.24. The van der Waals surface area contributed by atoms with E-state index >= 15 is 0 Å². The van der Waals surface area contributed by atoms with Crippen molar-refractivity contribution in [1.82, 2.24) is 9.97 Å². The molecule has 1 aliphatic rings. The summed E-state index contributed by atoms with van der Waals surface area (Å²) < 4.78 is 0. The van der Waals surface area contributed by atoms with Crippen LogP contribution in [-0.2, 0) is 5.54 Å². The molecule has 0 amide bonds. The van der Waals surface area contributed by atoms with Gasteiger partial charge in [0.25, 0.3) is 0 Å². The Morgan fingerprint density at radius 1 is 1.45 bits per heavy atom. The van der Waals surface area contributed by atoms with Gasteiger partial charge >= 0.3 is 5.69 Å². The quantitative estimate of drug-likeness (QED) is 0.529. The Bertz CT molecular complexity index is 332. The minimum atomic E-state index is -0.233. The number of hydrogen-bond acceptors (Lipinski definition) is 2. The first-order valence-corrected chi connectivity index (χ1v) is 3.70. The second kappa shape index (κ2) is 1.76. The van der Waals surface area contributed by atoms with Crippen molar-refractivity contribution >= 4 is 0 Å². The largest absolute Gasteiger partial charge is 0.323 e. The number of nitrogens with two attached hydrogens (primary N) is 1. The molecular weight excluding hydrogens is 142 g/mol. The van der Waals surface area contributed by atoms with Gasteiger partial charge in [-0.25, -0.2) is 4.79 Å². The first-order valence-electron chi connectivity index (χ1n) is 3.70. The second-order valence-corrected chi connectivity index (χ2v) is 3.24. The summed E-state index contributed by atoms with van der Waals surface area (Å²) in [7, 11) is 0. The van der Waals surface area contributed by atoms with Crippen molar-refractivity contribution in [3.05, 3.63) is 21.9 Å². The summed E-state index contributed by atoms with van der Waals surface area (Å²) in [5, 5.41) is 0. The zero-order chi connectivity index (χ0) is 8.06. The number of imidazole rings is 1. The monoisotopic (exact) mass is 153 g/mol. The number of rotatable bonds is 1. The molecule has 4 heteroatoms. The summed E-state index contributed by atoms with van der Waals surface area (Å²) in [4.78, 5) is 16.2. The van der Waals surface area contributed by atoms with Crippen molar-refractivity contribution in [2.24, 2.45) is 5.73 Å². The number of hydrogen-bond donors (Lipinski definition) is 3. The minimum Gasteiger partial charge on any atom is -0.320 e. The first-order chi connectivity index (χ1) is 5.12. The highest BCUT2D eigenvalue weighted by molar-refractivity contribution is 5.25. The van der Waals surface area contributed by atoms with Gasteiger partial charge < -0.3 is 15.7 Å². The van der Waals surface area contributed by atoms with Crippen molar-refractivity contribution < 1.29 is 0 Å². The summed E-state index contributed by atoms with van der Waals surface area (Å²) >= 11 is 0. The lowest BCUT2D eigenvalue weighted by molar-refractivity contribution is 0.705.